The van der Waals surface area contributed by atoms with Crippen LogP contribution in [0.3, 0.4) is 0 Å². The average Bonchev–Trinajstić information content (AvgIpc) is 2.49. The molecule has 0 saturated heterocycles. The van der Waals surface area contributed by atoms with Crippen molar-refractivity contribution in [1.29, 1.82) is 0 Å². The maximum absolute atomic E-state index is 12.8. The van der Waals surface area contributed by atoms with E-state index in [2.05, 4.69) is 159 Å². The lowest BCUT2D eigenvalue weighted by Crippen LogP contribution is -2.78. The molecule has 15 heteroatoms. The molecule has 4 saturated carbocycles. The molecular weight excluding hydrogens is 1000 g/mol. The number of nitrogens with one attached hydrogen (secondary N) is 3. The lowest BCUT2D eigenvalue weighted by molar-refractivity contribution is -0.137. The molecule has 4 aliphatic rings. The molecule has 0 atom stereocenters. The smallest absolute Gasteiger partial charge is 0.259 e. The number of hydrogen-bond donors (Lipinski definition) is 3. The average molecular weight is 1020 g/mol. The molecule has 31 heavy (non-hydrogen) atoms. The second kappa shape index (κ2) is 9.24. The van der Waals surface area contributed by atoms with Gasteiger partial charge in [-0.15, -0.1) is 0 Å². The summed E-state index contributed by atoms with van der Waals surface area (Å²) in [7, 11) is 0. The molecule has 4 rings (SSSR count). The molecule has 0 aromatic rings. The van der Waals surface area contributed by atoms with Crippen LogP contribution in [0, 0.1) is 5.92 Å². The van der Waals surface area contributed by atoms with Crippen LogP contribution in [0.2, 0.25) is 0 Å². The summed E-state index contributed by atoms with van der Waals surface area (Å²) in [6, 6.07) is 0. The van der Waals surface area contributed by atoms with Gasteiger partial charge >= 0.3 is 0 Å². The highest BCUT2D eigenvalue weighted by molar-refractivity contribution is 9.40. The minimum absolute atomic E-state index is 0.221. The fraction of sp³-hybridized carbons (Fsp3) is 0.812. The third-order valence-electron chi connectivity index (χ3n) is 5.98. The normalized spacial score (nSPS) is 34.9. The van der Waals surface area contributed by atoms with E-state index >= 15 is 0 Å². The second-order valence-electron chi connectivity index (χ2n) is 8.71. The van der Waals surface area contributed by atoms with Gasteiger partial charge in [0.05, 0.1) is 0 Å². The van der Waals surface area contributed by atoms with E-state index in [1.807, 2.05) is 0 Å². The van der Waals surface area contributed by atoms with E-state index in [4.69, 9.17) is 0 Å². The summed E-state index contributed by atoms with van der Waals surface area (Å²) < 4.78 is -3.30. The zero-order valence-corrected chi connectivity index (χ0v) is 29.7. The number of carbonyl (C=O) groups excluding carboxylic acids is 3. The molecule has 4 bridgehead atoms. The largest absolute Gasteiger partial charge is 0.348 e. The quantitative estimate of drug-likeness (QED) is 0.301. The van der Waals surface area contributed by atoms with Gasteiger partial charge in [-0.05, 0) is 188 Å². The van der Waals surface area contributed by atoms with Gasteiger partial charge in [-0.2, -0.15) is 0 Å². The fourth-order valence-electron chi connectivity index (χ4n) is 5.79. The van der Waals surface area contributed by atoms with Gasteiger partial charge in [-0.1, -0.05) is 0 Å². The van der Waals surface area contributed by atoms with Crippen molar-refractivity contribution in [3.05, 3.63) is 0 Å². The van der Waals surface area contributed by atoms with Crippen LogP contribution in [-0.2, 0) is 14.4 Å². The van der Waals surface area contributed by atoms with E-state index in [1.54, 1.807) is 0 Å². The summed E-state index contributed by atoms with van der Waals surface area (Å²) in [6.07, 6.45) is 4.04. The molecule has 0 aromatic heterocycles. The van der Waals surface area contributed by atoms with Gasteiger partial charge < -0.3 is 16.0 Å². The highest BCUT2D eigenvalue weighted by Gasteiger charge is 2.65. The number of alkyl halides is 9. The van der Waals surface area contributed by atoms with E-state index in [0.29, 0.717) is 19.3 Å². The van der Waals surface area contributed by atoms with Crippen LogP contribution in [0.4, 0.5) is 0 Å². The first-order valence-corrected chi connectivity index (χ1v) is 16.1. The number of halogens is 9. The number of amides is 3. The Morgan fingerprint density at radius 1 is 0.548 bits per heavy atom. The van der Waals surface area contributed by atoms with Crippen LogP contribution in [-0.4, -0.2) is 40.8 Å². The number of rotatable bonds is 3. The van der Waals surface area contributed by atoms with Crippen LogP contribution in [0.5, 0.6) is 0 Å². The standard InChI is InChI=1S/C16H16Br9N3O3/c17-14(18,19)8(29)26-11-1-7-2-12(4-11,27-9(30)15(20,21)22)6-13(3-7,5-11)28-10(31)16(23,24)25/h7H,1-6H2,(H,26,29)(H,27,30)(H,28,31). The van der Waals surface area contributed by atoms with Gasteiger partial charge in [0.1, 0.15) is 0 Å². The van der Waals surface area contributed by atoms with Gasteiger partial charge in [-0.3, -0.25) is 14.4 Å². The van der Waals surface area contributed by atoms with Crippen molar-refractivity contribution in [2.45, 2.75) is 61.6 Å². The molecule has 4 fully saturated rings. The van der Waals surface area contributed by atoms with Gasteiger partial charge in [-0.25, -0.2) is 0 Å². The van der Waals surface area contributed by atoms with E-state index in [9.17, 15) is 14.4 Å². The van der Waals surface area contributed by atoms with Crippen LogP contribution in [0.25, 0.3) is 0 Å². The van der Waals surface area contributed by atoms with E-state index in [1.165, 1.54) is 0 Å². The molecule has 3 N–H and O–H groups in total. The maximum Gasteiger partial charge on any atom is 0.259 e. The van der Waals surface area contributed by atoms with E-state index in [0.717, 1.165) is 19.3 Å². The van der Waals surface area contributed by atoms with Crippen molar-refractivity contribution in [3.63, 3.8) is 0 Å². The number of hydrogen-bond acceptors (Lipinski definition) is 3. The third-order valence-corrected chi connectivity index (χ3v) is 9.22. The topological polar surface area (TPSA) is 87.3 Å². The van der Waals surface area contributed by atoms with Crippen molar-refractivity contribution in [2.24, 2.45) is 5.92 Å². The SMILES string of the molecule is O=C(NC12CC3CC(NC(=O)C(Br)(Br)Br)(C1)CC(NC(=O)C(Br)(Br)Br)(C3)C2)C(Br)(Br)Br. The van der Waals surface area contributed by atoms with Crippen molar-refractivity contribution in [2.75, 3.05) is 0 Å². The van der Waals surface area contributed by atoms with Gasteiger partial charge in [0.15, 0.2) is 0 Å². The Morgan fingerprint density at radius 3 is 0.968 bits per heavy atom. The molecular formula is C16H16Br9N3O3. The molecule has 0 aromatic carbocycles. The predicted octanol–water partition coefficient (Wildman–Crippen LogP) is 6.06. The first kappa shape index (κ1) is 28.3. The van der Waals surface area contributed by atoms with Crippen LogP contribution < -0.4 is 16.0 Å². The molecule has 0 radical (unpaired) electrons. The minimum Gasteiger partial charge on any atom is -0.348 e. The molecule has 3 amide bonds. The van der Waals surface area contributed by atoms with Crippen molar-refractivity contribution >= 4 is 161 Å². The Kier molecular flexibility index (Phi) is 8.43. The lowest BCUT2D eigenvalue weighted by atomic mass is 9.47. The monoisotopic (exact) mass is 1010 g/mol. The van der Waals surface area contributed by atoms with Crippen molar-refractivity contribution in [3.8, 4) is 0 Å². The predicted molar refractivity (Wildman–Crippen MR) is 152 cm³/mol. The molecule has 0 spiro atoms. The van der Waals surface area contributed by atoms with Crippen LogP contribution in [0.1, 0.15) is 38.5 Å². The third kappa shape index (κ3) is 6.54. The minimum atomic E-state index is -1.10. The zero-order valence-electron chi connectivity index (χ0n) is 15.4. The highest BCUT2D eigenvalue weighted by Crippen LogP contribution is 2.60. The van der Waals surface area contributed by atoms with Crippen LogP contribution >= 0.6 is 143 Å². The molecule has 0 unspecified atom stereocenters. The summed E-state index contributed by atoms with van der Waals surface area (Å²) in [5, 5.41) is 9.56. The van der Waals surface area contributed by atoms with Crippen molar-refractivity contribution in [1.82, 2.24) is 16.0 Å². The molecule has 4 aliphatic carbocycles. The lowest BCUT2D eigenvalue weighted by Gasteiger charge is -2.66. The highest BCUT2D eigenvalue weighted by atomic mass is 80.0. The van der Waals surface area contributed by atoms with E-state index < -0.39 is 23.0 Å². The summed E-state index contributed by atoms with van der Waals surface area (Å²) in [5.74, 6) is -0.601. The summed E-state index contributed by atoms with van der Waals surface area (Å²) in [4.78, 5) is 38.5. The Labute approximate surface area is 255 Å². The first-order chi connectivity index (χ1) is 13.8. The Hall–Kier alpha value is 2.73. The molecule has 176 valence electrons. The summed E-state index contributed by atoms with van der Waals surface area (Å²) in [5.41, 5.74) is -1.75. The van der Waals surface area contributed by atoms with Crippen LogP contribution in [0.15, 0.2) is 0 Å². The second-order valence-corrected chi connectivity index (χ2v) is 29.0. The molecule has 0 heterocycles. The van der Waals surface area contributed by atoms with Gasteiger partial charge in [0, 0.05) is 16.6 Å². The van der Waals surface area contributed by atoms with Gasteiger partial charge in [0.2, 0.25) is 6.43 Å². The summed E-state index contributed by atoms with van der Waals surface area (Å²) >= 11 is 29.6. The van der Waals surface area contributed by atoms with Crippen molar-refractivity contribution < 1.29 is 14.4 Å². The Balaban J connectivity index is 1.98. The Morgan fingerprint density at radius 2 is 0.774 bits per heavy atom. The zero-order chi connectivity index (χ0) is 23.7. The van der Waals surface area contributed by atoms with Gasteiger partial charge in [0.25, 0.3) is 17.7 Å². The molecule has 0 aliphatic heterocycles. The number of carbonyl (C=O) groups is 3. The van der Waals surface area contributed by atoms with E-state index in [-0.39, 0.29) is 23.6 Å². The first-order valence-electron chi connectivity index (χ1n) is 8.97. The summed E-state index contributed by atoms with van der Waals surface area (Å²) in [6.45, 7) is 0. The maximum atomic E-state index is 12.8. The molecule has 6 nitrogen and oxygen atoms in total. The Bertz CT molecular complexity index is 692. The fourth-order valence-corrected chi connectivity index (χ4v) is 6.68.